The summed E-state index contributed by atoms with van der Waals surface area (Å²) in [6, 6.07) is 5.64. The molecule has 25 heavy (non-hydrogen) atoms. The van der Waals surface area contributed by atoms with Crippen molar-refractivity contribution in [1.82, 2.24) is 25.3 Å². The molecule has 0 aliphatic rings. The van der Waals surface area contributed by atoms with Crippen LogP contribution in [0.25, 0.3) is 5.69 Å². The van der Waals surface area contributed by atoms with Crippen LogP contribution in [0.1, 0.15) is 25.0 Å². The van der Waals surface area contributed by atoms with E-state index in [1.165, 1.54) is 9.36 Å². The maximum atomic E-state index is 12.1. The number of rotatable bonds is 7. The van der Waals surface area contributed by atoms with Gasteiger partial charge in [-0.05, 0) is 54.5 Å². The molecule has 0 saturated carbocycles. The molecule has 0 unspecified atom stereocenters. The molecule has 0 bridgehead atoms. The average Bonchev–Trinajstić information content (AvgIpc) is 2.93. The van der Waals surface area contributed by atoms with E-state index in [1.807, 2.05) is 51.1 Å². The van der Waals surface area contributed by atoms with Crippen LogP contribution in [0, 0.1) is 6.92 Å². The van der Waals surface area contributed by atoms with Crippen molar-refractivity contribution >= 4 is 17.6 Å². The first-order valence-electron chi connectivity index (χ1n) is 7.70. The molecule has 0 spiro atoms. The summed E-state index contributed by atoms with van der Waals surface area (Å²) in [5, 5.41) is 9.27. The summed E-state index contributed by atoms with van der Waals surface area (Å²) in [6.45, 7) is 6.04. The van der Waals surface area contributed by atoms with E-state index in [4.69, 9.17) is 17.1 Å². The Morgan fingerprint density at radius 1 is 1.32 bits per heavy atom. The van der Waals surface area contributed by atoms with Gasteiger partial charge in [0.25, 0.3) is 0 Å². The normalized spacial score (nSPS) is 12.3. The molecule has 1 N–H and O–H groups in total. The van der Waals surface area contributed by atoms with Crippen LogP contribution in [-0.4, -0.2) is 25.2 Å². The van der Waals surface area contributed by atoms with Crippen LogP contribution in [-0.2, 0) is 18.5 Å². The number of aryl methyl sites for hydroxylation is 2. The molecule has 7 nitrogen and oxygen atoms in total. The smallest absolute Gasteiger partial charge is 0.272 e. The standard InChI is InChI=1S/C17H21N5O2S/c1-12(11-25)8-9-14(3)18-24-10-15-13(2)6-5-7-16(15)22-17(23)21(4)19-20-22/h5-9,11,18H,10H2,1-4H3. The summed E-state index contributed by atoms with van der Waals surface area (Å²) in [7, 11) is 1.56. The molecule has 0 aliphatic carbocycles. The van der Waals surface area contributed by atoms with Crippen LogP contribution in [0.4, 0.5) is 0 Å². The lowest BCUT2D eigenvalue weighted by Gasteiger charge is -2.12. The fraction of sp³-hybridized carbons (Fsp3) is 0.294. The number of tetrazole rings is 1. The van der Waals surface area contributed by atoms with Gasteiger partial charge in [-0.3, -0.25) is 10.3 Å². The first kappa shape index (κ1) is 18.8. The van der Waals surface area contributed by atoms with Gasteiger partial charge in [-0.25, -0.2) is 4.79 Å². The minimum Gasteiger partial charge on any atom is -0.272 e. The maximum Gasteiger partial charge on any atom is 0.368 e. The van der Waals surface area contributed by atoms with E-state index in [-0.39, 0.29) is 12.3 Å². The lowest BCUT2D eigenvalue weighted by Crippen LogP contribution is -2.23. The predicted molar refractivity (Wildman–Crippen MR) is 100 cm³/mol. The number of hydroxylamine groups is 1. The van der Waals surface area contributed by atoms with E-state index in [2.05, 4.69) is 15.9 Å². The zero-order valence-electron chi connectivity index (χ0n) is 14.7. The van der Waals surface area contributed by atoms with Crippen LogP contribution in [0.5, 0.6) is 0 Å². The summed E-state index contributed by atoms with van der Waals surface area (Å²) >= 11 is 4.85. The van der Waals surface area contributed by atoms with Crippen LogP contribution >= 0.6 is 12.2 Å². The van der Waals surface area contributed by atoms with Crippen molar-refractivity contribution in [2.75, 3.05) is 0 Å². The molecule has 0 fully saturated rings. The Kier molecular flexibility index (Phi) is 6.37. The van der Waals surface area contributed by atoms with Crippen molar-refractivity contribution < 1.29 is 4.84 Å². The summed E-state index contributed by atoms with van der Waals surface area (Å²) in [5.41, 5.74) is 6.89. The van der Waals surface area contributed by atoms with Crippen molar-refractivity contribution in [1.29, 1.82) is 0 Å². The molecule has 1 aromatic heterocycles. The second-order valence-electron chi connectivity index (χ2n) is 5.64. The van der Waals surface area contributed by atoms with Crippen molar-refractivity contribution in [3.63, 3.8) is 0 Å². The summed E-state index contributed by atoms with van der Waals surface area (Å²) in [5.74, 6) is 0. The predicted octanol–water partition coefficient (Wildman–Crippen LogP) is 2.15. The molecule has 0 amide bonds. The Balaban J connectivity index is 2.17. The molecular formula is C17H21N5O2S. The molecule has 0 saturated heterocycles. The Hall–Kier alpha value is -2.58. The van der Waals surface area contributed by atoms with Crippen molar-refractivity contribution in [2.45, 2.75) is 27.4 Å². The third kappa shape index (κ3) is 4.71. The number of nitrogens with one attached hydrogen (secondary N) is 1. The molecule has 0 radical (unpaired) electrons. The molecule has 2 aromatic rings. The fourth-order valence-electron chi connectivity index (χ4n) is 2.09. The number of benzene rings is 1. The molecular weight excluding hydrogens is 338 g/mol. The van der Waals surface area contributed by atoms with Gasteiger partial charge in [0.15, 0.2) is 0 Å². The van der Waals surface area contributed by atoms with E-state index in [0.717, 1.165) is 22.4 Å². The Morgan fingerprint density at radius 2 is 2.08 bits per heavy atom. The quantitative estimate of drug-likeness (QED) is 0.353. The van der Waals surface area contributed by atoms with E-state index in [0.29, 0.717) is 5.69 Å². The summed E-state index contributed by atoms with van der Waals surface area (Å²) in [4.78, 5) is 17.7. The highest BCUT2D eigenvalue weighted by Crippen LogP contribution is 2.17. The third-order valence-electron chi connectivity index (χ3n) is 3.57. The largest absolute Gasteiger partial charge is 0.368 e. The minimum absolute atomic E-state index is 0.270. The zero-order chi connectivity index (χ0) is 18.4. The Morgan fingerprint density at radius 3 is 2.72 bits per heavy atom. The topological polar surface area (TPSA) is 74.0 Å². The highest BCUT2D eigenvalue weighted by atomic mass is 32.1. The van der Waals surface area contributed by atoms with Crippen LogP contribution in [0.2, 0.25) is 0 Å². The SMILES string of the molecule is CC(C=S)=CC=C(C)NOCc1c(C)cccc1-n1nnn(C)c1=O. The van der Waals surface area contributed by atoms with E-state index in [9.17, 15) is 4.79 Å². The van der Waals surface area contributed by atoms with Gasteiger partial charge in [0, 0.05) is 23.7 Å². The average molecular weight is 359 g/mol. The summed E-state index contributed by atoms with van der Waals surface area (Å²) < 4.78 is 2.45. The van der Waals surface area contributed by atoms with Crippen LogP contribution in [0.15, 0.2) is 46.4 Å². The van der Waals surface area contributed by atoms with Gasteiger partial charge in [0.05, 0.1) is 5.69 Å². The molecule has 0 atom stereocenters. The highest BCUT2D eigenvalue weighted by Gasteiger charge is 2.13. The van der Waals surface area contributed by atoms with Gasteiger partial charge in [0.1, 0.15) is 6.61 Å². The number of hydrogen-bond acceptors (Lipinski definition) is 6. The maximum absolute atomic E-state index is 12.1. The molecule has 1 heterocycles. The first-order chi connectivity index (χ1) is 11.9. The lowest BCUT2D eigenvalue weighted by molar-refractivity contribution is 0.0489. The number of hydrogen-bond donors (Lipinski definition) is 1. The molecule has 0 aliphatic heterocycles. The molecule has 2 rings (SSSR count). The molecule has 132 valence electrons. The second kappa shape index (κ2) is 8.50. The number of thiocarbonyl (C=S) groups is 1. The Labute approximate surface area is 151 Å². The van der Waals surface area contributed by atoms with Gasteiger partial charge >= 0.3 is 5.69 Å². The molecule has 8 heteroatoms. The zero-order valence-corrected chi connectivity index (χ0v) is 15.5. The van der Waals surface area contributed by atoms with E-state index < -0.39 is 0 Å². The highest BCUT2D eigenvalue weighted by molar-refractivity contribution is 7.79. The fourth-order valence-corrected chi connectivity index (χ4v) is 2.17. The second-order valence-corrected chi connectivity index (χ2v) is 5.87. The number of aromatic nitrogens is 4. The summed E-state index contributed by atoms with van der Waals surface area (Å²) in [6.07, 6.45) is 3.78. The molecule has 1 aromatic carbocycles. The number of allylic oxidation sites excluding steroid dienone is 4. The van der Waals surface area contributed by atoms with Gasteiger partial charge < -0.3 is 0 Å². The first-order valence-corrected chi connectivity index (χ1v) is 8.17. The van der Waals surface area contributed by atoms with Gasteiger partial charge in [-0.15, -0.1) is 0 Å². The van der Waals surface area contributed by atoms with E-state index in [1.54, 1.807) is 12.4 Å². The number of nitrogens with zero attached hydrogens (tertiary/aromatic N) is 4. The Bertz CT molecular complexity index is 879. The van der Waals surface area contributed by atoms with Gasteiger partial charge in [-0.1, -0.05) is 30.4 Å². The minimum atomic E-state index is -0.309. The monoisotopic (exact) mass is 359 g/mol. The van der Waals surface area contributed by atoms with Gasteiger partial charge in [0.2, 0.25) is 0 Å². The van der Waals surface area contributed by atoms with Gasteiger partial charge in [-0.2, -0.15) is 9.36 Å². The van der Waals surface area contributed by atoms with Crippen molar-refractivity contribution in [3.05, 3.63) is 63.2 Å². The van der Waals surface area contributed by atoms with E-state index >= 15 is 0 Å². The lowest BCUT2D eigenvalue weighted by atomic mass is 10.1. The van der Waals surface area contributed by atoms with Crippen molar-refractivity contribution in [2.24, 2.45) is 7.05 Å². The van der Waals surface area contributed by atoms with Crippen LogP contribution < -0.4 is 11.2 Å². The van der Waals surface area contributed by atoms with Crippen LogP contribution in [0.3, 0.4) is 0 Å². The third-order valence-corrected chi connectivity index (χ3v) is 3.94. The van der Waals surface area contributed by atoms with Crippen molar-refractivity contribution in [3.8, 4) is 5.69 Å².